The number of nitrogens with two attached hydrogens (primary N) is 1. The van der Waals surface area contributed by atoms with Crippen LogP contribution in [0.3, 0.4) is 0 Å². The molecule has 164 valence electrons. The van der Waals surface area contributed by atoms with Crippen molar-refractivity contribution < 1.29 is 4.79 Å². The highest BCUT2D eigenvalue weighted by atomic mass is 16.1. The number of nitrogens with zero attached hydrogens (tertiary/aromatic N) is 7. The number of para-hydroxylation sites is 1. The Hall–Kier alpha value is -4.52. The van der Waals surface area contributed by atoms with E-state index >= 15 is 0 Å². The van der Waals surface area contributed by atoms with Crippen molar-refractivity contribution >= 4 is 28.8 Å². The fraction of sp³-hybridized carbons (Fsp3) is 0.217. The summed E-state index contributed by atoms with van der Waals surface area (Å²) in [6.07, 6.45) is 3.04. The minimum absolute atomic E-state index is 0.0595. The molecule has 1 fully saturated rings. The highest BCUT2D eigenvalue weighted by Gasteiger charge is 2.43. The van der Waals surface area contributed by atoms with Gasteiger partial charge in [-0.25, -0.2) is 14.3 Å². The van der Waals surface area contributed by atoms with E-state index in [1.54, 1.807) is 12.3 Å². The summed E-state index contributed by atoms with van der Waals surface area (Å²) in [6, 6.07) is 10.4. The summed E-state index contributed by atoms with van der Waals surface area (Å²) in [4.78, 5) is 39.6. The van der Waals surface area contributed by atoms with E-state index in [9.17, 15) is 9.59 Å². The number of anilines is 2. The molecule has 0 radical (unpaired) electrons. The third-order valence-electron chi connectivity index (χ3n) is 5.89. The zero-order valence-electron chi connectivity index (χ0n) is 18.0. The van der Waals surface area contributed by atoms with Crippen LogP contribution in [0, 0.1) is 12.5 Å². The molecule has 10 nitrogen and oxygen atoms in total. The quantitative estimate of drug-likeness (QED) is 0.383. The molecular weight excluding hydrogens is 420 g/mol. The molecule has 1 aliphatic rings. The number of benzene rings is 1. The smallest absolute Gasteiger partial charge is 0.271 e. The lowest BCUT2D eigenvalue weighted by molar-refractivity contribution is 0.101. The number of nitrogen functional groups attached to an aromatic ring is 1. The number of hydrogen-bond donors (Lipinski definition) is 1. The predicted octanol–water partition coefficient (Wildman–Crippen LogP) is 2.81. The Morgan fingerprint density at radius 2 is 2.00 bits per heavy atom. The Labute approximate surface area is 188 Å². The van der Waals surface area contributed by atoms with Crippen molar-refractivity contribution in [1.82, 2.24) is 24.1 Å². The minimum Gasteiger partial charge on any atom is -0.368 e. The van der Waals surface area contributed by atoms with E-state index < -0.39 is 0 Å². The molecule has 2 atom stereocenters. The lowest BCUT2D eigenvalue weighted by Gasteiger charge is -2.47. The number of fused-ring (bicyclic) bond motifs is 1. The van der Waals surface area contributed by atoms with Gasteiger partial charge in [0, 0.05) is 24.9 Å². The normalized spacial score (nSPS) is 17.5. The molecule has 5 rings (SSSR count). The van der Waals surface area contributed by atoms with Gasteiger partial charge >= 0.3 is 0 Å². The maximum absolute atomic E-state index is 13.7. The molecule has 33 heavy (non-hydrogen) atoms. The average Bonchev–Trinajstić information content (AvgIpc) is 3.21. The van der Waals surface area contributed by atoms with E-state index in [0.29, 0.717) is 29.4 Å². The van der Waals surface area contributed by atoms with Gasteiger partial charge in [-0.2, -0.15) is 10.1 Å². The second kappa shape index (κ2) is 7.56. The van der Waals surface area contributed by atoms with Crippen molar-refractivity contribution in [2.45, 2.75) is 19.9 Å². The molecule has 0 spiro atoms. The highest BCUT2D eigenvalue weighted by Crippen LogP contribution is 2.42. The Morgan fingerprint density at radius 3 is 2.67 bits per heavy atom. The van der Waals surface area contributed by atoms with Crippen molar-refractivity contribution in [3.05, 3.63) is 82.0 Å². The number of hydrogen-bond acceptors (Lipinski definition) is 7. The van der Waals surface area contributed by atoms with Crippen molar-refractivity contribution in [1.29, 1.82) is 0 Å². The fourth-order valence-electron chi connectivity index (χ4n) is 4.33. The summed E-state index contributed by atoms with van der Waals surface area (Å²) in [6.45, 7) is 11.5. The van der Waals surface area contributed by atoms with Crippen molar-refractivity contribution in [3.63, 3.8) is 0 Å². The van der Waals surface area contributed by atoms with Gasteiger partial charge in [-0.3, -0.25) is 14.2 Å². The van der Waals surface area contributed by atoms with Gasteiger partial charge in [0.05, 0.1) is 23.9 Å². The van der Waals surface area contributed by atoms with Crippen LogP contribution in [-0.2, 0) is 0 Å². The molecule has 10 heteroatoms. The first-order chi connectivity index (χ1) is 15.9. The second-order valence-corrected chi connectivity index (χ2v) is 8.04. The molecule has 0 saturated carbocycles. The summed E-state index contributed by atoms with van der Waals surface area (Å²) in [5, 5.41) is 4.76. The highest BCUT2D eigenvalue weighted by molar-refractivity contribution is 5.98. The first-order valence-corrected chi connectivity index (χ1v) is 10.4. The van der Waals surface area contributed by atoms with Gasteiger partial charge in [-0.15, -0.1) is 0 Å². The molecular formula is C23H20N8O2. The standard InChI is InChI=1S/C23H20N8O2/c1-13-12-29(20-16(14(2)32)11-26-23(24)27-20)18(13)21-28-30-10-9-17(25-3)19(30)22(33)31(21)15-7-5-4-6-8-15/h4-11,13,18H,12H2,1-2H3,(H2,24,26,27)/t13-,18-/m0/s1. The third kappa shape index (κ3) is 3.13. The van der Waals surface area contributed by atoms with Crippen molar-refractivity contribution in [2.24, 2.45) is 5.92 Å². The summed E-state index contributed by atoms with van der Waals surface area (Å²) in [5.41, 5.74) is 6.95. The fourth-order valence-corrected chi connectivity index (χ4v) is 4.33. The van der Waals surface area contributed by atoms with Crippen LogP contribution in [0.25, 0.3) is 16.0 Å². The van der Waals surface area contributed by atoms with Gasteiger partial charge in [0.15, 0.2) is 11.6 Å². The topological polar surface area (TPSA) is 116 Å². The Balaban J connectivity index is 1.77. The maximum Gasteiger partial charge on any atom is 0.271 e. The van der Waals surface area contributed by atoms with E-state index in [1.807, 2.05) is 42.2 Å². The van der Waals surface area contributed by atoms with Crippen molar-refractivity contribution in [2.75, 3.05) is 17.2 Å². The van der Waals surface area contributed by atoms with E-state index in [1.165, 1.54) is 22.2 Å². The van der Waals surface area contributed by atoms with Gasteiger partial charge in [0.2, 0.25) is 11.6 Å². The summed E-state index contributed by atoms with van der Waals surface area (Å²) < 4.78 is 2.99. The number of carbonyl (C=O) groups excluding carboxylic acids is 1. The van der Waals surface area contributed by atoms with Gasteiger partial charge in [-0.1, -0.05) is 25.1 Å². The van der Waals surface area contributed by atoms with Gasteiger partial charge < -0.3 is 10.6 Å². The van der Waals surface area contributed by atoms with Crippen LogP contribution >= 0.6 is 0 Å². The summed E-state index contributed by atoms with van der Waals surface area (Å²) >= 11 is 0. The Bertz CT molecular complexity index is 1500. The maximum atomic E-state index is 13.7. The van der Waals surface area contributed by atoms with E-state index in [4.69, 9.17) is 17.4 Å². The molecule has 1 aliphatic heterocycles. The Morgan fingerprint density at radius 1 is 1.24 bits per heavy atom. The van der Waals surface area contributed by atoms with Gasteiger partial charge in [-0.05, 0) is 25.1 Å². The van der Waals surface area contributed by atoms with Crippen LogP contribution in [0.4, 0.5) is 17.5 Å². The SMILES string of the molecule is [C-]#[N+]c1ccn2nc([C@@H]3[C@@H](C)CN3c3nc(N)ncc3C(C)=O)n(-c3ccccc3)c(=O)c12. The molecule has 3 aromatic heterocycles. The zero-order chi connectivity index (χ0) is 23.3. The molecule has 1 saturated heterocycles. The molecule has 1 aromatic carbocycles. The molecule has 0 unspecified atom stereocenters. The zero-order valence-corrected chi connectivity index (χ0v) is 18.0. The molecule has 0 bridgehead atoms. The number of aromatic nitrogens is 5. The molecule has 4 heterocycles. The van der Waals surface area contributed by atoms with E-state index in [0.717, 1.165) is 0 Å². The third-order valence-corrected chi connectivity index (χ3v) is 5.89. The molecule has 0 amide bonds. The number of ketones is 1. The largest absolute Gasteiger partial charge is 0.368 e. The summed E-state index contributed by atoms with van der Waals surface area (Å²) in [5.74, 6) is 0.887. The monoisotopic (exact) mass is 440 g/mol. The van der Waals surface area contributed by atoms with E-state index in [2.05, 4.69) is 14.8 Å². The van der Waals surface area contributed by atoms with Crippen LogP contribution in [0.15, 0.2) is 53.6 Å². The Kier molecular flexibility index (Phi) is 4.67. The number of carbonyl (C=O) groups is 1. The van der Waals surface area contributed by atoms with E-state index in [-0.39, 0.29) is 40.5 Å². The molecule has 2 N–H and O–H groups in total. The lowest BCUT2D eigenvalue weighted by atomic mass is 9.88. The van der Waals surface area contributed by atoms with Crippen LogP contribution in [0.5, 0.6) is 0 Å². The van der Waals surface area contributed by atoms with Crippen LogP contribution in [0.1, 0.15) is 36.1 Å². The van der Waals surface area contributed by atoms with Gasteiger partial charge in [0.25, 0.3) is 5.56 Å². The average molecular weight is 440 g/mol. The molecule has 4 aromatic rings. The predicted molar refractivity (Wildman–Crippen MR) is 123 cm³/mol. The van der Waals surface area contributed by atoms with Crippen molar-refractivity contribution in [3.8, 4) is 5.69 Å². The first kappa shape index (κ1) is 20.4. The first-order valence-electron chi connectivity index (χ1n) is 10.4. The number of rotatable bonds is 4. The lowest BCUT2D eigenvalue weighted by Crippen LogP contribution is -2.52. The van der Waals surface area contributed by atoms with Crippen LogP contribution < -0.4 is 16.2 Å². The van der Waals surface area contributed by atoms with Crippen LogP contribution in [0.2, 0.25) is 0 Å². The summed E-state index contributed by atoms with van der Waals surface area (Å²) in [7, 11) is 0. The minimum atomic E-state index is -0.353. The molecule has 0 aliphatic carbocycles. The number of Topliss-reactive ketones (excluding diaryl/α,β-unsaturated/α-hetero) is 1. The van der Waals surface area contributed by atoms with Crippen LogP contribution in [-0.4, -0.2) is 36.5 Å². The van der Waals surface area contributed by atoms with Gasteiger partial charge in [0.1, 0.15) is 11.3 Å². The second-order valence-electron chi connectivity index (χ2n) is 8.04.